The molecule has 3 nitrogen and oxygen atoms in total. The molecular formula is C16H18BrNO2. The van der Waals surface area contributed by atoms with Crippen molar-refractivity contribution in [2.75, 3.05) is 19.5 Å². The van der Waals surface area contributed by atoms with Crippen LogP contribution in [-0.2, 0) is 0 Å². The van der Waals surface area contributed by atoms with E-state index in [-0.39, 0.29) is 6.04 Å². The monoisotopic (exact) mass is 335 g/mol. The SMILES string of the molecule is COc1ccc(Br)cc1NC(C)c1ccccc1OC. The highest BCUT2D eigenvalue weighted by Crippen LogP contribution is 2.33. The minimum atomic E-state index is 0.106. The van der Waals surface area contributed by atoms with Crippen LogP contribution in [0.5, 0.6) is 11.5 Å². The van der Waals surface area contributed by atoms with Gasteiger partial charge in [-0.25, -0.2) is 0 Å². The van der Waals surface area contributed by atoms with E-state index in [0.717, 1.165) is 27.2 Å². The van der Waals surface area contributed by atoms with Crippen LogP contribution in [0, 0.1) is 0 Å². The first kappa shape index (κ1) is 14.7. The Morgan fingerprint density at radius 2 is 1.70 bits per heavy atom. The van der Waals surface area contributed by atoms with E-state index in [1.807, 2.05) is 36.4 Å². The molecule has 2 aromatic rings. The lowest BCUT2D eigenvalue weighted by atomic mass is 10.1. The Balaban J connectivity index is 2.27. The molecule has 1 atom stereocenters. The molecule has 20 heavy (non-hydrogen) atoms. The molecule has 2 aromatic carbocycles. The number of halogens is 1. The average Bonchev–Trinajstić information content (AvgIpc) is 2.47. The van der Waals surface area contributed by atoms with E-state index in [0.29, 0.717) is 0 Å². The van der Waals surface area contributed by atoms with Crippen LogP contribution in [0.3, 0.4) is 0 Å². The normalized spacial score (nSPS) is 11.8. The molecule has 2 rings (SSSR count). The summed E-state index contributed by atoms with van der Waals surface area (Å²) in [5, 5.41) is 3.46. The molecule has 1 unspecified atom stereocenters. The van der Waals surface area contributed by atoms with E-state index >= 15 is 0 Å². The third-order valence-corrected chi connectivity index (χ3v) is 3.63. The number of para-hydroxylation sites is 1. The van der Waals surface area contributed by atoms with Crippen molar-refractivity contribution in [1.82, 2.24) is 0 Å². The van der Waals surface area contributed by atoms with Gasteiger partial charge in [-0.1, -0.05) is 34.1 Å². The molecule has 0 heterocycles. The predicted molar refractivity (Wildman–Crippen MR) is 85.7 cm³/mol. The Morgan fingerprint density at radius 1 is 1.00 bits per heavy atom. The summed E-state index contributed by atoms with van der Waals surface area (Å²) in [5.41, 5.74) is 2.05. The fourth-order valence-electron chi connectivity index (χ4n) is 2.13. The van der Waals surface area contributed by atoms with Gasteiger partial charge in [-0.2, -0.15) is 0 Å². The maximum Gasteiger partial charge on any atom is 0.142 e. The van der Waals surface area contributed by atoms with Gasteiger partial charge in [-0.15, -0.1) is 0 Å². The molecule has 0 spiro atoms. The Kier molecular flexibility index (Phi) is 4.90. The number of anilines is 1. The highest BCUT2D eigenvalue weighted by molar-refractivity contribution is 9.10. The molecule has 1 N–H and O–H groups in total. The van der Waals surface area contributed by atoms with E-state index in [2.05, 4.69) is 34.2 Å². The number of nitrogens with one attached hydrogen (secondary N) is 1. The smallest absolute Gasteiger partial charge is 0.142 e. The topological polar surface area (TPSA) is 30.5 Å². The van der Waals surface area contributed by atoms with Gasteiger partial charge in [0.25, 0.3) is 0 Å². The highest BCUT2D eigenvalue weighted by Gasteiger charge is 2.13. The first-order chi connectivity index (χ1) is 9.65. The third kappa shape index (κ3) is 3.25. The highest BCUT2D eigenvalue weighted by atomic mass is 79.9. The van der Waals surface area contributed by atoms with Gasteiger partial charge in [-0.3, -0.25) is 0 Å². The van der Waals surface area contributed by atoms with Crippen molar-refractivity contribution in [1.29, 1.82) is 0 Å². The van der Waals surface area contributed by atoms with Gasteiger partial charge in [-0.05, 0) is 31.2 Å². The molecule has 0 bridgehead atoms. The minimum absolute atomic E-state index is 0.106. The van der Waals surface area contributed by atoms with Gasteiger partial charge >= 0.3 is 0 Å². The van der Waals surface area contributed by atoms with E-state index < -0.39 is 0 Å². The predicted octanol–water partition coefficient (Wildman–Crippen LogP) is 4.64. The van der Waals surface area contributed by atoms with Crippen molar-refractivity contribution in [2.45, 2.75) is 13.0 Å². The minimum Gasteiger partial charge on any atom is -0.496 e. The van der Waals surface area contributed by atoms with E-state index in [9.17, 15) is 0 Å². The van der Waals surface area contributed by atoms with Crippen LogP contribution in [0.4, 0.5) is 5.69 Å². The van der Waals surface area contributed by atoms with Gasteiger partial charge in [0.2, 0.25) is 0 Å². The third-order valence-electron chi connectivity index (χ3n) is 3.14. The van der Waals surface area contributed by atoms with Crippen molar-refractivity contribution in [3.63, 3.8) is 0 Å². The van der Waals surface area contributed by atoms with Crippen LogP contribution >= 0.6 is 15.9 Å². The van der Waals surface area contributed by atoms with Crippen molar-refractivity contribution in [2.24, 2.45) is 0 Å². The maximum absolute atomic E-state index is 5.40. The van der Waals surface area contributed by atoms with Crippen molar-refractivity contribution in [3.05, 3.63) is 52.5 Å². The number of hydrogen-bond donors (Lipinski definition) is 1. The molecule has 0 aliphatic heterocycles. The van der Waals surface area contributed by atoms with E-state index in [1.165, 1.54) is 0 Å². The fourth-order valence-corrected chi connectivity index (χ4v) is 2.49. The lowest BCUT2D eigenvalue weighted by Gasteiger charge is -2.20. The van der Waals surface area contributed by atoms with Gasteiger partial charge in [0.1, 0.15) is 11.5 Å². The second-order valence-corrected chi connectivity index (χ2v) is 5.37. The summed E-state index contributed by atoms with van der Waals surface area (Å²) in [5.74, 6) is 1.69. The fraction of sp³-hybridized carbons (Fsp3) is 0.250. The lowest BCUT2D eigenvalue weighted by molar-refractivity contribution is 0.407. The molecule has 0 aliphatic carbocycles. The van der Waals surface area contributed by atoms with Gasteiger partial charge in [0, 0.05) is 10.0 Å². The number of rotatable bonds is 5. The maximum atomic E-state index is 5.40. The number of ether oxygens (including phenoxy) is 2. The first-order valence-electron chi connectivity index (χ1n) is 6.38. The van der Waals surface area contributed by atoms with Gasteiger partial charge in [0.15, 0.2) is 0 Å². The molecule has 0 radical (unpaired) electrons. The summed E-state index contributed by atoms with van der Waals surface area (Å²) >= 11 is 3.48. The zero-order chi connectivity index (χ0) is 14.5. The second kappa shape index (κ2) is 6.66. The Morgan fingerprint density at radius 3 is 2.40 bits per heavy atom. The number of benzene rings is 2. The molecule has 0 fully saturated rings. The zero-order valence-electron chi connectivity index (χ0n) is 11.8. The Hall–Kier alpha value is -1.68. The second-order valence-electron chi connectivity index (χ2n) is 4.45. The molecule has 106 valence electrons. The van der Waals surface area contributed by atoms with Crippen LogP contribution in [0.15, 0.2) is 46.9 Å². The van der Waals surface area contributed by atoms with Crippen molar-refractivity contribution in [3.8, 4) is 11.5 Å². The van der Waals surface area contributed by atoms with Crippen LogP contribution in [0.1, 0.15) is 18.5 Å². The van der Waals surface area contributed by atoms with Crippen LogP contribution < -0.4 is 14.8 Å². The Bertz CT molecular complexity index is 586. The average molecular weight is 336 g/mol. The quantitative estimate of drug-likeness (QED) is 0.863. The molecule has 0 saturated heterocycles. The van der Waals surface area contributed by atoms with Crippen molar-refractivity contribution >= 4 is 21.6 Å². The summed E-state index contributed by atoms with van der Waals surface area (Å²) in [7, 11) is 3.35. The summed E-state index contributed by atoms with van der Waals surface area (Å²) in [6, 6.07) is 14.0. The molecule has 0 aliphatic rings. The first-order valence-corrected chi connectivity index (χ1v) is 7.18. The van der Waals surface area contributed by atoms with Crippen LogP contribution in [0.2, 0.25) is 0 Å². The van der Waals surface area contributed by atoms with E-state index in [4.69, 9.17) is 9.47 Å². The molecule has 0 amide bonds. The number of hydrogen-bond acceptors (Lipinski definition) is 3. The van der Waals surface area contributed by atoms with Crippen molar-refractivity contribution < 1.29 is 9.47 Å². The summed E-state index contributed by atoms with van der Waals surface area (Å²) in [6.07, 6.45) is 0. The van der Waals surface area contributed by atoms with Crippen LogP contribution in [0.25, 0.3) is 0 Å². The van der Waals surface area contributed by atoms with Gasteiger partial charge < -0.3 is 14.8 Å². The molecule has 4 heteroatoms. The Labute approximate surface area is 128 Å². The summed E-state index contributed by atoms with van der Waals surface area (Å²) < 4.78 is 11.8. The van der Waals surface area contributed by atoms with E-state index in [1.54, 1.807) is 14.2 Å². The van der Waals surface area contributed by atoms with Crippen LogP contribution in [-0.4, -0.2) is 14.2 Å². The standard InChI is InChI=1S/C16H18BrNO2/c1-11(13-6-4-5-7-15(13)19-2)18-14-10-12(17)8-9-16(14)20-3/h4-11,18H,1-3H3. The summed E-state index contributed by atoms with van der Waals surface area (Å²) in [4.78, 5) is 0. The molecule has 0 aromatic heterocycles. The largest absolute Gasteiger partial charge is 0.496 e. The zero-order valence-corrected chi connectivity index (χ0v) is 13.4. The van der Waals surface area contributed by atoms with Gasteiger partial charge in [0.05, 0.1) is 25.9 Å². The molecule has 0 saturated carbocycles. The molecular weight excluding hydrogens is 318 g/mol. The number of methoxy groups -OCH3 is 2. The summed E-state index contributed by atoms with van der Waals surface area (Å²) in [6.45, 7) is 2.10. The lowest BCUT2D eigenvalue weighted by Crippen LogP contribution is -2.09.